The van der Waals surface area contributed by atoms with E-state index in [4.69, 9.17) is 4.74 Å². The van der Waals surface area contributed by atoms with E-state index in [-0.39, 0.29) is 17.0 Å². The molecule has 0 radical (unpaired) electrons. The van der Waals surface area contributed by atoms with Crippen LogP contribution in [0, 0.1) is 10.1 Å². The van der Waals surface area contributed by atoms with E-state index >= 15 is 0 Å². The minimum atomic E-state index is -0.548. The zero-order valence-corrected chi connectivity index (χ0v) is 14.0. The Hall–Kier alpha value is -2.94. The minimum absolute atomic E-state index is 0.0659. The molecule has 0 heterocycles. The lowest BCUT2D eigenvalue weighted by Gasteiger charge is -2.06. The van der Waals surface area contributed by atoms with Crippen LogP contribution in [0.1, 0.15) is 15.9 Å². The zero-order chi connectivity index (χ0) is 17.7. The summed E-state index contributed by atoms with van der Waals surface area (Å²) in [6.45, 7) is 0. The molecule has 0 atom stereocenters. The summed E-state index contributed by atoms with van der Waals surface area (Å²) in [7, 11) is 1.43. The number of ether oxygens (including phenoxy) is 1. The summed E-state index contributed by atoms with van der Waals surface area (Å²) in [4.78, 5) is 21.9. The third kappa shape index (κ3) is 4.07. The predicted molar refractivity (Wildman–Crippen MR) is 90.5 cm³/mol. The molecule has 0 fully saturated rings. The monoisotopic (exact) mass is 393 g/mol. The summed E-state index contributed by atoms with van der Waals surface area (Å²) in [5.74, 6) is -0.284. The number of amides is 1. The molecule has 0 aromatic heterocycles. The van der Waals surface area contributed by atoms with E-state index in [2.05, 4.69) is 26.5 Å². The van der Waals surface area contributed by atoms with E-state index in [0.717, 1.165) is 0 Å². The van der Waals surface area contributed by atoms with Gasteiger partial charge in [0.25, 0.3) is 11.6 Å². The number of phenols is 1. The first-order valence-electron chi connectivity index (χ1n) is 6.56. The number of carbonyl (C=O) groups is 1. The second kappa shape index (κ2) is 7.55. The Kier molecular flexibility index (Phi) is 5.48. The van der Waals surface area contributed by atoms with Crippen LogP contribution in [0.25, 0.3) is 0 Å². The van der Waals surface area contributed by atoms with Crippen LogP contribution in [0.3, 0.4) is 0 Å². The van der Waals surface area contributed by atoms with Crippen LogP contribution in [-0.4, -0.2) is 29.3 Å². The van der Waals surface area contributed by atoms with Gasteiger partial charge in [0.15, 0.2) is 11.5 Å². The molecule has 0 saturated heterocycles. The fourth-order valence-corrected chi connectivity index (χ4v) is 2.21. The first kappa shape index (κ1) is 17.4. The van der Waals surface area contributed by atoms with Crippen molar-refractivity contribution in [2.75, 3.05) is 7.11 Å². The number of aromatic hydroxyl groups is 1. The number of benzene rings is 2. The first-order valence-corrected chi connectivity index (χ1v) is 7.36. The molecule has 24 heavy (non-hydrogen) atoms. The number of hydrogen-bond acceptors (Lipinski definition) is 6. The highest BCUT2D eigenvalue weighted by molar-refractivity contribution is 9.10. The number of nitrogens with one attached hydrogen (secondary N) is 1. The number of phenolic OH excluding ortho intramolecular Hbond substituents is 1. The molecular formula is C15H12BrN3O5. The third-order valence-electron chi connectivity index (χ3n) is 3.01. The van der Waals surface area contributed by atoms with Gasteiger partial charge in [-0.1, -0.05) is 0 Å². The Balaban J connectivity index is 2.07. The molecule has 2 aromatic rings. The lowest BCUT2D eigenvalue weighted by molar-refractivity contribution is -0.384. The SMILES string of the molecule is COc1cc(Br)c(/C=N\NC(=O)c2ccc([N+](=O)[O-])cc2)cc1O. The maximum Gasteiger partial charge on any atom is 0.271 e. The van der Waals surface area contributed by atoms with E-state index in [9.17, 15) is 20.0 Å². The Labute approximate surface area is 145 Å². The number of nitro benzene ring substituents is 1. The van der Waals surface area contributed by atoms with Gasteiger partial charge in [-0.15, -0.1) is 0 Å². The van der Waals surface area contributed by atoms with Crippen LogP contribution >= 0.6 is 15.9 Å². The van der Waals surface area contributed by atoms with Crippen molar-refractivity contribution in [1.29, 1.82) is 0 Å². The van der Waals surface area contributed by atoms with Gasteiger partial charge in [-0.25, -0.2) is 5.43 Å². The largest absolute Gasteiger partial charge is 0.504 e. The number of carbonyl (C=O) groups excluding carboxylic acids is 1. The number of methoxy groups -OCH3 is 1. The van der Waals surface area contributed by atoms with Gasteiger partial charge in [-0.2, -0.15) is 5.10 Å². The molecule has 8 nitrogen and oxygen atoms in total. The second-order valence-electron chi connectivity index (χ2n) is 4.55. The third-order valence-corrected chi connectivity index (χ3v) is 3.69. The number of hydrazone groups is 1. The average molecular weight is 394 g/mol. The number of nitro groups is 1. The molecule has 124 valence electrons. The van der Waals surface area contributed by atoms with Gasteiger partial charge in [0.05, 0.1) is 18.2 Å². The van der Waals surface area contributed by atoms with Gasteiger partial charge in [-0.3, -0.25) is 14.9 Å². The maximum absolute atomic E-state index is 11.9. The van der Waals surface area contributed by atoms with Crippen LogP contribution in [0.15, 0.2) is 46.0 Å². The Morgan fingerprint density at radius 2 is 2.04 bits per heavy atom. The Bertz CT molecular complexity index is 806. The Morgan fingerprint density at radius 1 is 1.38 bits per heavy atom. The predicted octanol–water partition coefficient (Wildman–Crippen LogP) is 2.84. The van der Waals surface area contributed by atoms with Crippen molar-refractivity contribution in [2.45, 2.75) is 0 Å². The van der Waals surface area contributed by atoms with E-state index in [1.807, 2.05) is 0 Å². The van der Waals surface area contributed by atoms with Gasteiger partial charge < -0.3 is 9.84 Å². The number of hydrogen-bond donors (Lipinski definition) is 2. The first-order chi connectivity index (χ1) is 11.4. The number of halogens is 1. The molecular weight excluding hydrogens is 382 g/mol. The molecule has 2 aromatic carbocycles. The van der Waals surface area contributed by atoms with Gasteiger partial charge in [0.2, 0.25) is 0 Å². The van der Waals surface area contributed by atoms with Crippen molar-refractivity contribution in [3.63, 3.8) is 0 Å². The summed E-state index contributed by atoms with van der Waals surface area (Å²) in [6.07, 6.45) is 1.34. The van der Waals surface area contributed by atoms with Gasteiger partial charge in [0, 0.05) is 27.7 Å². The van der Waals surface area contributed by atoms with Crippen LogP contribution in [0.4, 0.5) is 5.69 Å². The molecule has 0 unspecified atom stereocenters. The summed E-state index contributed by atoms with van der Waals surface area (Å²) in [5.41, 5.74) is 2.95. The maximum atomic E-state index is 11.9. The van der Waals surface area contributed by atoms with Crippen LogP contribution in [-0.2, 0) is 0 Å². The fourth-order valence-electron chi connectivity index (χ4n) is 1.78. The lowest BCUT2D eigenvalue weighted by Crippen LogP contribution is -2.17. The summed E-state index contributed by atoms with van der Waals surface area (Å²) < 4.78 is 5.58. The van der Waals surface area contributed by atoms with Gasteiger partial charge in [-0.05, 0) is 40.2 Å². The number of non-ortho nitro benzene ring substituents is 1. The zero-order valence-electron chi connectivity index (χ0n) is 12.4. The van der Waals surface area contributed by atoms with E-state index in [0.29, 0.717) is 15.8 Å². The highest BCUT2D eigenvalue weighted by Crippen LogP contribution is 2.31. The van der Waals surface area contributed by atoms with Crippen molar-refractivity contribution in [3.05, 3.63) is 62.1 Å². The lowest BCUT2D eigenvalue weighted by atomic mass is 10.2. The van der Waals surface area contributed by atoms with Crippen molar-refractivity contribution in [3.8, 4) is 11.5 Å². The molecule has 9 heteroatoms. The quantitative estimate of drug-likeness (QED) is 0.460. The average Bonchev–Trinajstić information content (AvgIpc) is 2.57. The standard InChI is InChI=1S/C15H12BrN3O5/c1-24-14-7-12(16)10(6-13(14)20)8-17-18-15(21)9-2-4-11(5-3-9)19(22)23/h2-8,20H,1H3,(H,18,21)/b17-8-. The van der Waals surface area contributed by atoms with Crippen molar-refractivity contribution in [2.24, 2.45) is 5.10 Å². The smallest absolute Gasteiger partial charge is 0.271 e. The number of rotatable bonds is 5. The summed E-state index contributed by atoms with van der Waals surface area (Å²) in [5, 5.41) is 24.1. The highest BCUT2D eigenvalue weighted by atomic mass is 79.9. The van der Waals surface area contributed by atoms with Crippen molar-refractivity contribution < 1.29 is 19.6 Å². The number of nitrogens with zero attached hydrogens (tertiary/aromatic N) is 2. The van der Waals surface area contributed by atoms with Crippen molar-refractivity contribution >= 4 is 33.7 Å². The molecule has 2 rings (SSSR count). The second-order valence-corrected chi connectivity index (χ2v) is 5.40. The molecule has 0 bridgehead atoms. The molecule has 0 spiro atoms. The fraction of sp³-hybridized carbons (Fsp3) is 0.0667. The highest BCUT2D eigenvalue weighted by Gasteiger charge is 2.09. The molecule has 0 saturated carbocycles. The minimum Gasteiger partial charge on any atom is -0.504 e. The topological polar surface area (TPSA) is 114 Å². The van der Waals surface area contributed by atoms with Crippen LogP contribution in [0.2, 0.25) is 0 Å². The molecule has 1 amide bonds. The van der Waals surface area contributed by atoms with E-state index in [1.165, 1.54) is 43.7 Å². The molecule has 2 N–H and O–H groups in total. The normalized spacial score (nSPS) is 10.6. The van der Waals surface area contributed by atoms with Gasteiger partial charge >= 0.3 is 0 Å². The molecule has 0 aliphatic heterocycles. The van der Waals surface area contributed by atoms with Crippen LogP contribution < -0.4 is 10.2 Å². The van der Waals surface area contributed by atoms with E-state index in [1.54, 1.807) is 6.07 Å². The van der Waals surface area contributed by atoms with Gasteiger partial charge in [0.1, 0.15) is 0 Å². The van der Waals surface area contributed by atoms with Crippen molar-refractivity contribution in [1.82, 2.24) is 5.43 Å². The van der Waals surface area contributed by atoms with E-state index < -0.39 is 10.8 Å². The summed E-state index contributed by atoms with van der Waals surface area (Å²) >= 11 is 3.30. The Morgan fingerprint density at radius 3 is 2.62 bits per heavy atom. The molecule has 0 aliphatic rings. The van der Waals surface area contributed by atoms with Crippen LogP contribution in [0.5, 0.6) is 11.5 Å². The molecule has 0 aliphatic carbocycles. The summed E-state index contributed by atoms with van der Waals surface area (Å²) in [6, 6.07) is 8.11.